The van der Waals surface area contributed by atoms with Gasteiger partial charge in [-0.25, -0.2) is 13.4 Å². The Bertz CT molecular complexity index is 1050. The summed E-state index contributed by atoms with van der Waals surface area (Å²) in [6.45, 7) is 4.33. The SMILES string of the molecule is Cc1ccc(OC2CCN(S(=O)(=O)c3cnc4onc(C)c4c3)C2)cn1. The number of aryl methyl sites for hydroxylation is 2. The van der Waals surface area contributed by atoms with Gasteiger partial charge in [0.1, 0.15) is 16.7 Å². The molecule has 1 saturated heterocycles. The molecule has 0 amide bonds. The maximum Gasteiger partial charge on any atom is 0.257 e. The van der Waals surface area contributed by atoms with E-state index in [1.807, 2.05) is 19.1 Å². The van der Waals surface area contributed by atoms with Crippen LogP contribution in [0.3, 0.4) is 0 Å². The van der Waals surface area contributed by atoms with Gasteiger partial charge in [-0.3, -0.25) is 4.98 Å². The first-order valence-corrected chi connectivity index (χ1v) is 9.69. The van der Waals surface area contributed by atoms with E-state index in [0.29, 0.717) is 35.5 Å². The van der Waals surface area contributed by atoms with Crippen molar-refractivity contribution in [3.05, 3.63) is 42.0 Å². The van der Waals surface area contributed by atoms with Crippen LogP contribution in [0.15, 0.2) is 40.0 Å². The van der Waals surface area contributed by atoms with Crippen molar-refractivity contribution in [1.29, 1.82) is 0 Å². The van der Waals surface area contributed by atoms with Gasteiger partial charge in [0.15, 0.2) is 0 Å². The number of hydrogen-bond donors (Lipinski definition) is 0. The van der Waals surface area contributed by atoms with Crippen LogP contribution < -0.4 is 4.74 Å². The molecular weight excluding hydrogens is 356 g/mol. The number of nitrogens with zero attached hydrogens (tertiary/aromatic N) is 4. The second-order valence-electron chi connectivity index (χ2n) is 6.32. The Balaban J connectivity index is 1.52. The summed E-state index contributed by atoms with van der Waals surface area (Å²) in [6, 6.07) is 5.26. The van der Waals surface area contributed by atoms with Gasteiger partial charge in [-0.2, -0.15) is 4.31 Å². The molecule has 0 bridgehead atoms. The molecule has 0 radical (unpaired) electrons. The Kier molecular flexibility index (Phi) is 4.12. The first-order chi connectivity index (χ1) is 12.4. The third kappa shape index (κ3) is 3.04. The minimum atomic E-state index is -3.65. The summed E-state index contributed by atoms with van der Waals surface area (Å²) in [7, 11) is -3.65. The standard InChI is InChI=1S/C17H18N4O4S/c1-11-3-4-13(8-18-11)24-14-5-6-21(10-14)26(22,23)15-7-16-12(2)20-25-17(16)19-9-15/h3-4,7-9,14H,5-6,10H2,1-2H3. The van der Waals surface area contributed by atoms with Gasteiger partial charge in [0, 0.05) is 12.2 Å². The lowest BCUT2D eigenvalue weighted by molar-refractivity contribution is 0.214. The number of hydrogen-bond acceptors (Lipinski definition) is 7. The van der Waals surface area contributed by atoms with Gasteiger partial charge in [-0.05, 0) is 38.5 Å². The largest absolute Gasteiger partial charge is 0.487 e. The predicted octanol–water partition coefficient (Wildman–Crippen LogP) is 2.08. The van der Waals surface area contributed by atoms with Crippen molar-refractivity contribution in [2.75, 3.05) is 13.1 Å². The topological polar surface area (TPSA) is 98.4 Å². The van der Waals surface area contributed by atoms with Crippen molar-refractivity contribution < 1.29 is 17.7 Å². The number of fused-ring (bicyclic) bond motifs is 1. The molecule has 4 heterocycles. The van der Waals surface area contributed by atoms with Crippen LogP contribution in [0.1, 0.15) is 17.8 Å². The lowest BCUT2D eigenvalue weighted by Gasteiger charge is -2.17. The van der Waals surface area contributed by atoms with Crippen molar-refractivity contribution in [1.82, 2.24) is 19.4 Å². The minimum absolute atomic E-state index is 0.133. The van der Waals surface area contributed by atoms with Crippen LogP contribution in [0.2, 0.25) is 0 Å². The molecule has 26 heavy (non-hydrogen) atoms. The lowest BCUT2D eigenvalue weighted by Crippen LogP contribution is -2.31. The molecule has 1 atom stereocenters. The van der Waals surface area contributed by atoms with E-state index >= 15 is 0 Å². The number of rotatable bonds is 4. The average Bonchev–Trinajstić information content (AvgIpc) is 3.24. The summed E-state index contributed by atoms with van der Waals surface area (Å²) in [5, 5.41) is 4.41. The first-order valence-electron chi connectivity index (χ1n) is 8.25. The molecule has 0 aliphatic carbocycles. The van der Waals surface area contributed by atoms with E-state index < -0.39 is 10.0 Å². The molecular formula is C17H18N4O4S. The normalized spacial score (nSPS) is 18.5. The zero-order valence-corrected chi connectivity index (χ0v) is 15.2. The van der Waals surface area contributed by atoms with Gasteiger partial charge < -0.3 is 9.26 Å². The van der Waals surface area contributed by atoms with E-state index in [-0.39, 0.29) is 17.5 Å². The van der Waals surface area contributed by atoms with Gasteiger partial charge >= 0.3 is 0 Å². The lowest BCUT2D eigenvalue weighted by atomic mass is 10.3. The third-order valence-electron chi connectivity index (χ3n) is 4.42. The van der Waals surface area contributed by atoms with Gasteiger partial charge in [0.25, 0.3) is 5.71 Å². The number of sulfonamides is 1. The van der Waals surface area contributed by atoms with E-state index in [2.05, 4.69) is 15.1 Å². The van der Waals surface area contributed by atoms with Gasteiger partial charge in [0.05, 0.1) is 30.0 Å². The van der Waals surface area contributed by atoms with E-state index in [0.717, 1.165) is 5.69 Å². The Hall–Kier alpha value is -2.52. The Morgan fingerprint density at radius 1 is 1.23 bits per heavy atom. The van der Waals surface area contributed by atoms with Gasteiger partial charge in [-0.15, -0.1) is 0 Å². The van der Waals surface area contributed by atoms with Crippen LogP contribution >= 0.6 is 0 Å². The molecule has 1 fully saturated rings. The predicted molar refractivity (Wildman–Crippen MR) is 93.3 cm³/mol. The van der Waals surface area contributed by atoms with Crippen LogP contribution in [0.4, 0.5) is 0 Å². The smallest absolute Gasteiger partial charge is 0.257 e. The van der Waals surface area contributed by atoms with Crippen molar-refractivity contribution in [2.24, 2.45) is 0 Å². The molecule has 1 unspecified atom stereocenters. The van der Waals surface area contributed by atoms with Crippen LogP contribution in [0, 0.1) is 13.8 Å². The molecule has 0 saturated carbocycles. The van der Waals surface area contributed by atoms with E-state index in [1.165, 1.54) is 10.5 Å². The zero-order valence-electron chi connectivity index (χ0n) is 14.4. The van der Waals surface area contributed by atoms with Crippen LogP contribution in [-0.4, -0.2) is 47.0 Å². The monoisotopic (exact) mass is 374 g/mol. The minimum Gasteiger partial charge on any atom is -0.487 e. The summed E-state index contributed by atoms with van der Waals surface area (Å²) in [5.74, 6) is 0.642. The summed E-state index contributed by atoms with van der Waals surface area (Å²) in [5.41, 5.74) is 1.84. The molecule has 4 rings (SSSR count). The Morgan fingerprint density at radius 3 is 2.85 bits per heavy atom. The highest BCUT2D eigenvalue weighted by molar-refractivity contribution is 7.89. The van der Waals surface area contributed by atoms with Crippen molar-refractivity contribution in [3.63, 3.8) is 0 Å². The molecule has 0 aromatic carbocycles. The summed E-state index contributed by atoms with van der Waals surface area (Å²) >= 11 is 0. The van der Waals surface area contributed by atoms with E-state index in [9.17, 15) is 8.42 Å². The van der Waals surface area contributed by atoms with E-state index in [4.69, 9.17) is 9.26 Å². The Morgan fingerprint density at radius 2 is 2.08 bits per heavy atom. The van der Waals surface area contributed by atoms with Crippen LogP contribution in [-0.2, 0) is 10.0 Å². The fourth-order valence-corrected chi connectivity index (χ4v) is 4.40. The molecule has 0 spiro atoms. The highest BCUT2D eigenvalue weighted by atomic mass is 32.2. The molecule has 3 aromatic heterocycles. The third-order valence-corrected chi connectivity index (χ3v) is 6.25. The van der Waals surface area contributed by atoms with Crippen molar-refractivity contribution in [2.45, 2.75) is 31.3 Å². The zero-order chi connectivity index (χ0) is 18.3. The molecule has 9 heteroatoms. The molecule has 1 aliphatic heterocycles. The van der Waals surface area contributed by atoms with Gasteiger partial charge in [-0.1, -0.05) is 5.16 Å². The summed E-state index contributed by atoms with van der Waals surface area (Å²) in [4.78, 5) is 8.38. The van der Waals surface area contributed by atoms with E-state index in [1.54, 1.807) is 19.2 Å². The molecule has 0 N–H and O–H groups in total. The molecule has 3 aromatic rings. The van der Waals surface area contributed by atoms with Crippen molar-refractivity contribution in [3.8, 4) is 5.75 Å². The second kappa shape index (κ2) is 6.33. The second-order valence-corrected chi connectivity index (χ2v) is 8.26. The van der Waals surface area contributed by atoms with Crippen LogP contribution in [0.25, 0.3) is 11.1 Å². The maximum absolute atomic E-state index is 12.9. The fraction of sp³-hybridized carbons (Fsp3) is 0.353. The van der Waals surface area contributed by atoms with Crippen molar-refractivity contribution >= 4 is 21.1 Å². The quantitative estimate of drug-likeness (QED) is 0.689. The maximum atomic E-state index is 12.9. The first kappa shape index (κ1) is 16.9. The Labute approximate surface area is 150 Å². The number of ether oxygens (including phenoxy) is 1. The highest BCUT2D eigenvalue weighted by Crippen LogP contribution is 2.26. The number of pyridine rings is 2. The molecule has 1 aliphatic rings. The highest BCUT2D eigenvalue weighted by Gasteiger charge is 2.34. The van der Waals surface area contributed by atoms with Gasteiger partial charge in [0.2, 0.25) is 10.0 Å². The molecule has 136 valence electrons. The summed E-state index contributed by atoms with van der Waals surface area (Å²) < 4.78 is 38.2. The average molecular weight is 374 g/mol. The molecule has 8 nitrogen and oxygen atoms in total. The number of aromatic nitrogens is 3. The van der Waals surface area contributed by atoms with Crippen LogP contribution in [0.5, 0.6) is 5.75 Å². The summed E-state index contributed by atoms with van der Waals surface area (Å²) in [6.07, 6.45) is 3.37. The fourth-order valence-electron chi connectivity index (χ4n) is 2.94.